The predicted octanol–water partition coefficient (Wildman–Crippen LogP) is 6.68. The minimum Gasteiger partial charge on any atom is -0.475 e. The normalized spacial score (nSPS) is 20.6. The van der Waals surface area contributed by atoms with Gasteiger partial charge in [-0.1, -0.05) is 30.8 Å². The average Bonchev–Trinajstić information content (AvgIpc) is 3.78. The van der Waals surface area contributed by atoms with Crippen LogP contribution in [0.3, 0.4) is 0 Å². The average molecular weight is 612 g/mol. The summed E-state index contributed by atoms with van der Waals surface area (Å²) in [4.78, 5) is 21.1. The molecule has 1 N–H and O–H groups in total. The molecule has 2 aromatic carbocycles. The van der Waals surface area contributed by atoms with E-state index in [1.807, 2.05) is 18.2 Å². The zero-order valence-corrected chi connectivity index (χ0v) is 25.6. The summed E-state index contributed by atoms with van der Waals surface area (Å²) in [6.45, 7) is 6.34. The summed E-state index contributed by atoms with van der Waals surface area (Å²) < 4.78 is 36.9. The first-order chi connectivity index (χ1) is 21.9. The molecule has 45 heavy (non-hydrogen) atoms. The third kappa shape index (κ3) is 5.23. The molecule has 0 saturated carbocycles. The van der Waals surface area contributed by atoms with E-state index in [4.69, 9.17) is 9.72 Å². The predicted molar refractivity (Wildman–Crippen MR) is 170 cm³/mol. The maximum absolute atomic E-state index is 16.7. The van der Waals surface area contributed by atoms with Crippen LogP contribution in [0.4, 0.5) is 14.5 Å². The first-order valence-electron chi connectivity index (χ1n) is 16.3. The number of hydrogen-bond acceptors (Lipinski definition) is 6. The monoisotopic (exact) mass is 611 g/mol. The summed E-state index contributed by atoms with van der Waals surface area (Å²) in [6.07, 6.45) is 9.77. The van der Waals surface area contributed by atoms with Crippen LogP contribution in [0.25, 0.3) is 22.0 Å². The maximum Gasteiger partial charge on any atom is 0.282 e. The number of anilines is 1. The van der Waals surface area contributed by atoms with E-state index < -0.39 is 17.6 Å². The third-order valence-electron chi connectivity index (χ3n) is 10.5. The Bertz CT molecular complexity index is 1710. The van der Waals surface area contributed by atoms with Crippen LogP contribution in [0.2, 0.25) is 0 Å². The van der Waals surface area contributed by atoms with Crippen molar-refractivity contribution in [3.05, 3.63) is 65.2 Å². The van der Waals surface area contributed by atoms with Gasteiger partial charge in [0, 0.05) is 30.1 Å². The van der Waals surface area contributed by atoms with Crippen molar-refractivity contribution in [3.8, 4) is 23.1 Å². The number of hydrogen-bond donors (Lipinski definition) is 1. The number of rotatable bonds is 8. The molecule has 3 saturated heterocycles. The smallest absolute Gasteiger partial charge is 0.282 e. The number of amides is 1. The van der Waals surface area contributed by atoms with Gasteiger partial charge in [-0.05, 0) is 100 Å². The second kappa shape index (κ2) is 12.1. The molecule has 3 aromatic rings. The van der Waals surface area contributed by atoms with Crippen LogP contribution in [0.1, 0.15) is 68.1 Å². The number of nitriles is 1. The molecule has 1 amide bonds. The van der Waals surface area contributed by atoms with E-state index >= 15 is 4.39 Å². The fraction of sp³-hybridized carbons (Fsp3) is 0.472. The molecular weight excluding hydrogens is 572 g/mol. The standard InChI is InChI=1S/C36H39F2N5O2/c1-23(37)35(44)43-19-5-10-25(43)21-40-32-29-14-13-28(27-12-4-9-24-8-2-3-11-26(24)27)31(38)33(29)41-34(30(32)20-39)45-22-36-15-6-17-42(36)18-7-16-36/h4,9,12-14,25H,1-3,5-8,10-11,15-19,21-22H2,(H,40,41)/t25-/m0/s1. The van der Waals surface area contributed by atoms with Crippen LogP contribution >= 0.6 is 0 Å². The fourth-order valence-electron chi connectivity index (χ4n) is 8.26. The van der Waals surface area contributed by atoms with E-state index in [0.29, 0.717) is 36.2 Å². The van der Waals surface area contributed by atoms with Crippen molar-refractivity contribution in [3.63, 3.8) is 0 Å². The first-order valence-corrected chi connectivity index (χ1v) is 16.3. The second-order valence-electron chi connectivity index (χ2n) is 13.0. The van der Waals surface area contributed by atoms with E-state index in [1.54, 1.807) is 6.07 Å². The molecule has 3 fully saturated rings. The van der Waals surface area contributed by atoms with Gasteiger partial charge in [0.25, 0.3) is 5.91 Å². The van der Waals surface area contributed by atoms with Gasteiger partial charge in [-0.25, -0.2) is 13.8 Å². The molecule has 1 atom stereocenters. The van der Waals surface area contributed by atoms with E-state index in [1.165, 1.54) is 16.0 Å². The SMILES string of the molecule is C=C(F)C(=O)N1CCC[C@H]1CNc1c(C#N)c(OCC23CCCN2CCC3)nc2c(F)c(-c3cccc4c3CCCC4)ccc12. The van der Waals surface area contributed by atoms with Crippen molar-refractivity contribution in [2.24, 2.45) is 0 Å². The Balaban J connectivity index is 1.30. The highest BCUT2D eigenvalue weighted by molar-refractivity contribution is 5.98. The Hall–Kier alpha value is -4.03. The number of nitrogens with zero attached hydrogens (tertiary/aromatic N) is 4. The van der Waals surface area contributed by atoms with Crippen LogP contribution in [-0.4, -0.2) is 65.1 Å². The Labute approximate surface area is 262 Å². The van der Waals surface area contributed by atoms with Gasteiger partial charge >= 0.3 is 0 Å². The summed E-state index contributed by atoms with van der Waals surface area (Å²) in [6, 6.07) is 11.7. The van der Waals surface area contributed by atoms with E-state index in [-0.39, 0.29) is 35.1 Å². The summed E-state index contributed by atoms with van der Waals surface area (Å²) in [5.74, 6) is -2.04. The molecule has 0 unspecified atom stereocenters. The largest absolute Gasteiger partial charge is 0.475 e. The molecule has 0 spiro atoms. The molecule has 7 nitrogen and oxygen atoms in total. The van der Waals surface area contributed by atoms with Gasteiger partial charge in [-0.15, -0.1) is 0 Å². The lowest BCUT2D eigenvalue weighted by Crippen LogP contribution is -2.43. The highest BCUT2D eigenvalue weighted by Gasteiger charge is 2.45. The van der Waals surface area contributed by atoms with Crippen LogP contribution in [0.5, 0.6) is 5.88 Å². The summed E-state index contributed by atoms with van der Waals surface area (Å²) >= 11 is 0. The first kappa shape index (κ1) is 29.7. The molecule has 234 valence electrons. The summed E-state index contributed by atoms with van der Waals surface area (Å²) in [7, 11) is 0. The number of halogens is 2. The zero-order valence-electron chi connectivity index (χ0n) is 25.6. The van der Waals surface area contributed by atoms with Crippen LogP contribution in [-0.2, 0) is 17.6 Å². The van der Waals surface area contributed by atoms with Gasteiger partial charge in [-0.3, -0.25) is 9.69 Å². The number of ether oxygens (including phenoxy) is 1. The number of carbonyl (C=O) groups excluding carboxylic acids is 1. The summed E-state index contributed by atoms with van der Waals surface area (Å²) in [5, 5.41) is 14.3. The zero-order chi connectivity index (χ0) is 31.1. The Kier molecular flexibility index (Phi) is 7.95. The van der Waals surface area contributed by atoms with Gasteiger partial charge in [0.15, 0.2) is 11.6 Å². The topological polar surface area (TPSA) is 81.5 Å². The Morgan fingerprint density at radius 1 is 1.09 bits per heavy atom. The molecule has 1 aromatic heterocycles. The maximum atomic E-state index is 16.7. The molecule has 3 aliphatic heterocycles. The number of nitrogens with one attached hydrogen (secondary N) is 1. The van der Waals surface area contributed by atoms with E-state index in [0.717, 1.165) is 76.4 Å². The number of aromatic nitrogens is 1. The highest BCUT2D eigenvalue weighted by Crippen LogP contribution is 2.42. The van der Waals surface area contributed by atoms with Crippen molar-refractivity contribution < 1.29 is 18.3 Å². The number of benzene rings is 2. The molecule has 9 heteroatoms. The molecule has 0 radical (unpaired) electrons. The lowest BCUT2D eigenvalue weighted by atomic mass is 9.85. The van der Waals surface area contributed by atoms with Gasteiger partial charge in [0.2, 0.25) is 5.88 Å². The van der Waals surface area contributed by atoms with Gasteiger partial charge in [-0.2, -0.15) is 5.26 Å². The van der Waals surface area contributed by atoms with Crippen LogP contribution < -0.4 is 10.1 Å². The van der Waals surface area contributed by atoms with Crippen molar-refractivity contribution in [2.75, 3.05) is 38.1 Å². The minimum atomic E-state index is -0.991. The number of likely N-dealkylation sites (tertiary alicyclic amines) is 1. The second-order valence-corrected chi connectivity index (χ2v) is 13.0. The number of carbonyl (C=O) groups is 1. The van der Waals surface area contributed by atoms with E-state index in [2.05, 4.69) is 28.9 Å². The van der Waals surface area contributed by atoms with Crippen molar-refractivity contribution in [1.29, 1.82) is 5.26 Å². The molecule has 0 bridgehead atoms. The number of fused-ring (bicyclic) bond motifs is 3. The molecule has 4 aliphatic rings. The lowest BCUT2D eigenvalue weighted by Gasteiger charge is -2.31. The quantitative estimate of drug-likeness (QED) is 0.286. The van der Waals surface area contributed by atoms with Gasteiger partial charge < -0.3 is 15.0 Å². The molecule has 7 rings (SSSR count). The third-order valence-corrected chi connectivity index (χ3v) is 10.5. The minimum absolute atomic E-state index is 0.0834. The van der Waals surface area contributed by atoms with Crippen molar-refractivity contribution >= 4 is 22.5 Å². The highest BCUT2D eigenvalue weighted by atomic mass is 19.1. The Morgan fingerprint density at radius 2 is 1.89 bits per heavy atom. The van der Waals surface area contributed by atoms with Crippen LogP contribution in [0, 0.1) is 17.1 Å². The lowest BCUT2D eigenvalue weighted by molar-refractivity contribution is -0.129. The van der Waals surface area contributed by atoms with Crippen molar-refractivity contribution in [1.82, 2.24) is 14.8 Å². The Morgan fingerprint density at radius 3 is 2.67 bits per heavy atom. The van der Waals surface area contributed by atoms with Crippen LogP contribution in [0.15, 0.2) is 42.7 Å². The fourth-order valence-corrected chi connectivity index (χ4v) is 8.26. The van der Waals surface area contributed by atoms with Crippen molar-refractivity contribution in [2.45, 2.75) is 75.8 Å². The molecule has 1 aliphatic carbocycles. The van der Waals surface area contributed by atoms with Gasteiger partial charge in [0.1, 0.15) is 23.8 Å². The van der Waals surface area contributed by atoms with Gasteiger partial charge in [0.05, 0.1) is 11.2 Å². The summed E-state index contributed by atoms with van der Waals surface area (Å²) in [5.41, 5.74) is 4.50. The molecular formula is C36H39F2N5O2. The molecule has 4 heterocycles. The number of pyridine rings is 1. The number of aryl methyl sites for hydroxylation is 1. The van der Waals surface area contributed by atoms with E-state index in [9.17, 15) is 14.4 Å².